The van der Waals surface area contributed by atoms with E-state index >= 15 is 0 Å². The number of morpholine rings is 1. The number of hydrogen-bond donors (Lipinski definition) is 0. The Kier molecular flexibility index (Phi) is 4.51. The van der Waals surface area contributed by atoms with Crippen LogP contribution in [-0.2, 0) is 4.74 Å². The van der Waals surface area contributed by atoms with Crippen LogP contribution in [0.15, 0.2) is 48.7 Å². The molecule has 0 spiro atoms. The molecule has 0 radical (unpaired) electrons. The summed E-state index contributed by atoms with van der Waals surface area (Å²) in [5, 5.41) is 0. The Bertz CT molecular complexity index is 750. The van der Waals surface area contributed by atoms with Gasteiger partial charge < -0.3 is 9.64 Å². The van der Waals surface area contributed by atoms with Crippen molar-refractivity contribution in [1.82, 2.24) is 14.8 Å². The maximum Gasteiger partial charge on any atom is 0.255 e. The van der Waals surface area contributed by atoms with Crippen LogP contribution in [0.25, 0.3) is 0 Å². The van der Waals surface area contributed by atoms with Crippen molar-refractivity contribution in [3.05, 3.63) is 65.5 Å². The van der Waals surface area contributed by atoms with Crippen LogP contribution in [0.1, 0.15) is 27.7 Å². The van der Waals surface area contributed by atoms with Crippen LogP contribution in [0.5, 0.6) is 0 Å². The quantitative estimate of drug-likeness (QED) is 0.843. The summed E-state index contributed by atoms with van der Waals surface area (Å²) in [5.41, 5.74) is 2.78. The number of nitrogens with zero attached hydrogens (tertiary/aromatic N) is 3. The first-order valence-electron chi connectivity index (χ1n) is 8.83. The van der Waals surface area contributed by atoms with Gasteiger partial charge in [0.05, 0.1) is 30.9 Å². The lowest BCUT2D eigenvalue weighted by atomic mass is 10.00. The highest BCUT2D eigenvalue weighted by Crippen LogP contribution is 2.30. The van der Waals surface area contributed by atoms with E-state index in [0.717, 1.165) is 25.4 Å². The molecule has 1 aromatic heterocycles. The molecular formula is C20H23N3O2. The van der Waals surface area contributed by atoms with Crippen molar-refractivity contribution in [2.45, 2.75) is 19.0 Å². The Hall–Kier alpha value is -2.24. The van der Waals surface area contributed by atoms with Gasteiger partial charge in [-0.1, -0.05) is 30.3 Å². The summed E-state index contributed by atoms with van der Waals surface area (Å²) in [4.78, 5) is 21.6. The minimum atomic E-state index is 0.0760. The molecule has 4 rings (SSSR count). The van der Waals surface area contributed by atoms with E-state index in [2.05, 4.69) is 34.1 Å². The fraction of sp³-hybridized carbons (Fsp3) is 0.400. The highest BCUT2D eigenvalue weighted by Gasteiger charge is 2.37. The zero-order valence-electron chi connectivity index (χ0n) is 14.5. The first-order chi connectivity index (χ1) is 12.2. The summed E-state index contributed by atoms with van der Waals surface area (Å²) in [6.07, 6.45) is 1.73. The molecule has 2 aliphatic heterocycles. The van der Waals surface area contributed by atoms with Gasteiger partial charge in [0.1, 0.15) is 0 Å². The van der Waals surface area contributed by atoms with E-state index in [1.807, 2.05) is 30.0 Å². The summed E-state index contributed by atoms with van der Waals surface area (Å²) in [5.74, 6) is 0.0760. The number of carbonyl (C=O) groups excluding carboxylic acids is 1. The lowest BCUT2D eigenvalue weighted by Gasteiger charge is -2.48. The summed E-state index contributed by atoms with van der Waals surface area (Å²) >= 11 is 0. The molecule has 5 heteroatoms. The molecule has 0 N–H and O–H groups in total. The number of piperazine rings is 1. The molecule has 2 fully saturated rings. The van der Waals surface area contributed by atoms with Gasteiger partial charge in [0, 0.05) is 31.5 Å². The third-order valence-electron chi connectivity index (χ3n) is 5.22. The predicted molar refractivity (Wildman–Crippen MR) is 95.4 cm³/mol. The summed E-state index contributed by atoms with van der Waals surface area (Å²) in [6.45, 7) is 5.61. The second-order valence-electron chi connectivity index (χ2n) is 6.74. The highest BCUT2D eigenvalue weighted by atomic mass is 16.5. The van der Waals surface area contributed by atoms with Gasteiger partial charge in [-0.15, -0.1) is 0 Å². The van der Waals surface area contributed by atoms with Crippen molar-refractivity contribution >= 4 is 5.91 Å². The van der Waals surface area contributed by atoms with E-state index < -0.39 is 0 Å². The van der Waals surface area contributed by atoms with Crippen molar-refractivity contribution < 1.29 is 9.53 Å². The summed E-state index contributed by atoms with van der Waals surface area (Å²) < 4.78 is 5.87. The Morgan fingerprint density at radius 2 is 1.96 bits per heavy atom. The monoisotopic (exact) mass is 337 g/mol. The number of rotatable bonds is 2. The van der Waals surface area contributed by atoms with Crippen molar-refractivity contribution in [2.24, 2.45) is 0 Å². The Morgan fingerprint density at radius 1 is 1.12 bits per heavy atom. The zero-order valence-corrected chi connectivity index (χ0v) is 14.5. The number of aryl methyl sites for hydroxylation is 1. The molecule has 0 unspecified atom stereocenters. The number of benzene rings is 1. The molecular weight excluding hydrogens is 314 g/mol. The topological polar surface area (TPSA) is 45.7 Å². The van der Waals surface area contributed by atoms with Crippen molar-refractivity contribution in [2.75, 3.05) is 32.8 Å². The Labute approximate surface area is 148 Å². The molecule has 2 saturated heterocycles. The molecule has 1 aromatic carbocycles. The molecule has 2 aromatic rings. The highest BCUT2D eigenvalue weighted by molar-refractivity contribution is 5.95. The second kappa shape index (κ2) is 6.94. The lowest BCUT2D eigenvalue weighted by molar-refractivity contribution is -0.0770. The van der Waals surface area contributed by atoms with Gasteiger partial charge in [0.25, 0.3) is 5.91 Å². The third-order valence-corrected chi connectivity index (χ3v) is 5.22. The maximum absolute atomic E-state index is 12.9. The van der Waals surface area contributed by atoms with Gasteiger partial charge in [-0.05, 0) is 24.6 Å². The van der Waals surface area contributed by atoms with Gasteiger partial charge in [0.2, 0.25) is 0 Å². The van der Waals surface area contributed by atoms with Crippen LogP contribution in [-0.4, -0.2) is 59.6 Å². The van der Waals surface area contributed by atoms with Crippen LogP contribution < -0.4 is 0 Å². The molecule has 2 aliphatic rings. The number of pyridine rings is 1. The van der Waals surface area contributed by atoms with Crippen LogP contribution in [0.2, 0.25) is 0 Å². The molecule has 3 heterocycles. The van der Waals surface area contributed by atoms with Crippen LogP contribution >= 0.6 is 0 Å². The van der Waals surface area contributed by atoms with Crippen LogP contribution in [0.3, 0.4) is 0 Å². The number of amides is 1. The Morgan fingerprint density at radius 3 is 2.76 bits per heavy atom. The first-order valence-corrected chi connectivity index (χ1v) is 8.83. The number of ether oxygens (including phenoxy) is 1. The SMILES string of the molecule is Cc1ncccc1C(=O)N1CCN2[C@@H](COC[C@@H]2c2ccccc2)C1. The van der Waals surface area contributed by atoms with Gasteiger partial charge in [-0.25, -0.2) is 0 Å². The summed E-state index contributed by atoms with van der Waals surface area (Å²) in [7, 11) is 0. The van der Waals surface area contributed by atoms with Gasteiger partial charge in [-0.2, -0.15) is 0 Å². The second-order valence-corrected chi connectivity index (χ2v) is 6.74. The smallest absolute Gasteiger partial charge is 0.255 e. The molecule has 0 bridgehead atoms. The number of fused-ring (bicyclic) bond motifs is 1. The molecule has 0 saturated carbocycles. The number of aromatic nitrogens is 1. The number of carbonyl (C=O) groups is 1. The molecule has 25 heavy (non-hydrogen) atoms. The standard InChI is InChI=1S/C20H23N3O2/c1-15-18(8-5-9-21-15)20(24)22-10-11-23-17(12-22)13-25-14-19(23)16-6-3-2-4-7-16/h2-9,17,19H,10-14H2,1H3/t17-,19-/m1/s1. The molecule has 130 valence electrons. The van der Waals surface area contributed by atoms with Crippen LogP contribution in [0, 0.1) is 6.92 Å². The summed E-state index contributed by atoms with van der Waals surface area (Å²) in [6, 6.07) is 14.7. The number of hydrogen-bond acceptors (Lipinski definition) is 4. The van der Waals surface area contributed by atoms with Gasteiger partial charge in [0.15, 0.2) is 0 Å². The van der Waals surface area contributed by atoms with E-state index in [-0.39, 0.29) is 18.0 Å². The van der Waals surface area contributed by atoms with Crippen molar-refractivity contribution in [3.8, 4) is 0 Å². The van der Waals surface area contributed by atoms with Gasteiger partial charge in [-0.3, -0.25) is 14.7 Å². The molecule has 2 atom stereocenters. The van der Waals surface area contributed by atoms with E-state index in [1.165, 1.54) is 5.56 Å². The molecule has 1 amide bonds. The normalized spacial score (nSPS) is 24.0. The first kappa shape index (κ1) is 16.2. The predicted octanol–water partition coefficient (Wildman–Crippen LogP) is 2.29. The fourth-order valence-corrected chi connectivity index (χ4v) is 3.87. The maximum atomic E-state index is 12.9. The fourth-order valence-electron chi connectivity index (χ4n) is 3.87. The van der Waals surface area contributed by atoms with E-state index in [9.17, 15) is 4.79 Å². The molecule has 0 aliphatic carbocycles. The Balaban J connectivity index is 1.50. The van der Waals surface area contributed by atoms with E-state index in [4.69, 9.17) is 4.74 Å². The minimum absolute atomic E-state index is 0.0760. The zero-order chi connectivity index (χ0) is 17.2. The van der Waals surface area contributed by atoms with Gasteiger partial charge >= 0.3 is 0 Å². The van der Waals surface area contributed by atoms with E-state index in [0.29, 0.717) is 18.7 Å². The average molecular weight is 337 g/mol. The lowest BCUT2D eigenvalue weighted by Crippen LogP contribution is -2.60. The van der Waals surface area contributed by atoms with E-state index in [1.54, 1.807) is 6.20 Å². The largest absolute Gasteiger partial charge is 0.378 e. The molecule has 5 nitrogen and oxygen atoms in total. The van der Waals surface area contributed by atoms with Crippen molar-refractivity contribution in [1.29, 1.82) is 0 Å². The average Bonchev–Trinajstić information content (AvgIpc) is 2.67. The minimum Gasteiger partial charge on any atom is -0.378 e. The third kappa shape index (κ3) is 3.17. The van der Waals surface area contributed by atoms with Crippen molar-refractivity contribution in [3.63, 3.8) is 0 Å². The van der Waals surface area contributed by atoms with Crippen LogP contribution in [0.4, 0.5) is 0 Å².